The lowest BCUT2D eigenvalue weighted by Gasteiger charge is -2.47. The summed E-state index contributed by atoms with van der Waals surface area (Å²) >= 11 is 0. The Balaban J connectivity index is 1.36. The van der Waals surface area contributed by atoms with E-state index in [9.17, 15) is 9.59 Å². The number of carbonyl (C=O) groups is 1. The van der Waals surface area contributed by atoms with Gasteiger partial charge < -0.3 is 19.2 Å². The van der Waals surface area contributed by atoms with Crippen LogP contribution in [0.1, 0.15) is 72.4 Å². The van der Waals surface area contributed by atoms with Gasteiger partial charge in [-0.05, 0) is 47.2 Å². The summed E-state index contributed by atoms with van der Waals surface area (Å²) in [6, 6.07) is 22.9. The van der Waals surface area contributed by atoms with Gasteiger partial charge in [0.15, 0.2) is 5.79 Å². The van der Waals surface area contributed by atoms with Crippen molar-refractivity contribution in [2.75, 3.05) is 11.9 Å². The van der Waals surface area contributed by atoms with Crippen molar-refractivity contribution in [3.63, 3.8) is 0 Å². The van der Waals surface area contributed by atoms with E-state index < -0.39 is 26.0 Å². The number of nitrogens with zero attached hydrogens (tertiary/aromatic N) is 2. The average molecular weight is 576 g/mol. The summed E-state index contributed by atoms with van der Waals surface area (Å²) in [5.41, 5.74) is -0.458. The third-order valence-electron chi connectivity index (χ3n) is 8.17. The number of amides is 1. The average Bonchev–Trinajstić information content (AvgIpc) is 2.94. The van der Waals surface area contributed by atoms with Crippen LogP contribution in [-0.4, -0.2) is 42.3 Å². The number of hydrogen-bond acceptors (Lipinski definition) is 6. The second kappa shape index (κ2) is 12.0. The summed E-state index contributed by atoms with van der Waals surface area (Å²) in [5, 5.41) is 4.93. The fraction of sp³-hybridized carbons (Fsp3) is 0.469. The molecule has 2 aliphatic heterocycles. The van der Waals surface area contributed by atoms with Crippen molar-refractivity contribution < 1.29 is 18.7 Å². The minimum Gasteiger partial charge on any atom is -0.405 e. The summed E-state index contributed by atoms with van der Waals surface area (Å²) in [6.07, 6.45) is 5.97. The first-order valence-corrected chi connectivity index (χ1v) is 16.5. The number of rotatable bonds is 7. The van der Waals surface area contributed by atoms with E-state index in [4.69, 9.17) is 13.9 Å². The molecule has 218 valence electrons. The zero-order chi connectivity index (χ0) is 29.1. The Labute approximate surface area is 243 Å². The molecule has 0 aliphatic carbocycles. The van der Waals surface area contributed by atoms with Crippen LogP contribution in [0.2, 0.25) is 5.04 Å². The molecular weight excluding hydrogens is 534 g/mol. The molecule has 1 aromatic heterocycles. The Hall–Kier alpha value is -3.11. The molecule has 9 heteroatoms. The Kier molecular flexibility index (Phi) is 8.61. The van der Waals surface area contributed by atoms with Crippen molar-refractivity contribution >= 4 is 30.4 Å². The monoisotopic (exact) mass is 575 g/mol. The topological polar surface area (TPSA) is 91.7 Å². The molecule has 2 saturated heterocycles. The Morgan fingerprint density at radius 2 is 1.61 bits per heavy atom. The zero-order valence-electron chi connectivity index (χ0n) is 24.5. The zero-order valence-corrected chi connectivity index (χ0v) is 25.5. The standard InChI is InChI=1S/C32H41N3O5Si/c1-24(36)33-28-19-22-35(30(37)34-28)29-18-12-21-32(40-29)20-11-13-25(39-32)23-38-41(31(2,3)4,26-14-7-5-8-15-26)27-16-9-6-10-17-27/h5-10,14-17,19,22,25,29H,11-13,18,20-21,23H2,1-4H3,(H,33,34,36,37)/t25-,29+,32-/m1/s1. The number of aromatic nitrogens is 2. The fourth-order valence-corrected chi connectivity index (χ4v) is 11.0. The lowest BCUT2D eigenvalue weighted by atomic mass is 9.94. The first-order chi connectivity index (χ1) is 19.6. The van der Waals surface area contributed by atoms with Gasteiger partial charge in [0.05, 0.1) is 12.7 Å². The second-order valence-electron chi connectivity index (χ2n) is 12.2. The normalized spacial score (nSPS) is 23.3. The maximum atomic E-state index is 12.8. The van der Waals surface area contributed by atoms with Gasteiger partial charge in [0, 0.05) is 26.0 Å². The molecule has 2 fully saturated rings. The van der Waals surface area contributed by atoms with Gasteiger partial charge in [-0.15, -0.1) is 0 Å². The van der Waals surface area contributed by atoms with Crippen molar-refractivity contribution in [3.05, 3.63) is 83.4 Å². The summed E-state index contributed by atoms with van der Waals surface area (Å²) in [6.45, 7) is 8.69. The predicted octanol–water partition coefficient (Wildman–Crippen LogP) is 4.74. The van der Waals surface area contributed by atoms with Gasteiger partial charge in [-0.3, -0.25) is 9.36 Å². The van der Waals surface area contributed by atoms with Gasteiger partial charge in [-0.1, -0.05) is 81.4 Å². The summed E-state index contributed by atoms with van der Waals surface area (Å²) in [7, 11) is -2.69. The molecule has 3 heterocycles. The highest BCUT2D eigenvalue weighted by atomic mass is 28.4. The lowest BCUT2D eigenvalue weighted by Crippen LogP contribution is -2.67. The highest BCUT2D eigenvalue weighted by molar-refractivity contribution is 6.99. The Bertz CT molecular complexity index is 1350. The minimum atomic E-state index is -2.69. The van der Waals surface area contributed by atoms with Crippen LogP contribution in [0.5, 0.6) is 0 Å². The molecule has 1 N–H and O–H groups in total. The molecule has 3 atom stereocenters. The molecule has 0 radical (unpaired) electrons. The van der Waals surface area contributed by atoms with Gasteiger partial charge in [0.2, 0.25) is 5.91 Å². The number of hydrogen-bond donors (Lipinski definition) is 1. The molecule has 2 aromatic carbocycles. The SMILES string of the molecule is CC(=O)Nc1ccn([C@@H]2CCC[C@@]3(CCC[C@H](CO[Si](c4ccccc4)(c4ccccc4)C(C)(C)C)O3)O2)c(=O)n1. The van der Waals surface area contributed by atoms with Crippen LogP contribution < -0.4 is 21.4 Å². The molecule has 1 spiro atoms. The molecule has 0 saturated carbocycles. The van der Waals surface area contributed by atoms with Crippen LogP contribution in [0, 0.1) is 0 Å². The number of benzene rings is 2. The van der Waals surface area contributed by atoms with Crippen LogP contribution in [0.15, 0.2) is 77.7 Å². The van der Waals surface area contributed by atoms with Crippen LogP contribution in [0.4, 0.5) is 5.82 Å². The van der Waals surface area contributed by atoms with Crippen molar-refractivity contribution in [2.45, 2.75) is 89.4 Å². The van der Waals surface area contributed by atoms with Gasteiger partial charge in [-0.25, -0.2) is 4.79 Å². The molecule has 0 unspecified atom stereocenters. The molecule has 2 aliphatic rings. The number of anilines is 1. The van der Waals surface area contributed by atoms with Gasteiger partial charge in [0.1, 0.15) is 12.0 Å². The highest BCUT2D eigenvalue weighted by Crippen LogP contribution is 2.43. The van der Waals surface area contributed by atoms with Crippen LogP contribution in [0.3, 0.4) is 0 Å². The minimum absolute atomic E-state index is 0.119. The lowest BCUT2D eigenvalue weighted by molar-refractivity contribution is -0.330. The molecule has 1 amide bonds. The molecule has 5 rings (SSSR count). The third-order valence-corrected chi connectivity index (χ3v) is 13.2. The molecule has 41 heavy (non-hydrogen) atoms. The van der Waals surface area contributed by atoms with E-state index in [1.807, 2.05) is 0 Å². The van der Waals surface area contributed by atoms with E-state index in [0.717, 1.165) is 32.1 Å². The van der Waals surface area contributed by atoms with E-state index in [1.54, 1.807) is 12.3 Å². The van der Waals surface area contributed by atoms with Crippen molar-refractivity contribution in [2.24, 2.45) is 0 Å². The molecule has 8 nitrogen and oxygen atoms in total. The molecule has 0 bridgehead atoms. The van der Waals surface area contributed by atoms with Crippen LogP contribution in [0.25, 0.3) is 0 Å². The summed E-state index contributed by atoms with van der Waals surface area (Å²) < 4.78 is 22.0. The highest BCUT2D eigenvalue weighted by Gasteiger charge is 2.51. The predicted molar refractivity (Wildman–Crippen MR) is 162 cm³/mol. The van der Waals surface area contributed by atoms with Crippen molar-refractivity contribution in [3.8, 4) is 0 Å². The van der Waals surface area contributed by atoms with E-state index >= 15 is 0 Å². The summed E-state index contributed by atoms with van der Waals surface area (Å²) in [4.78, 5) is 28.2. The quantitative estimate of drug-likeness (QED) is 0.409. The second-order valence-corrected chi connectivity index (χ2v) is 16.5. The van der Waals surface area contributed by atoms with Gasteiger partial charge in [-0.2, -0.15) is 4.98 Å². The largest absolute Gasteiger partial charge is 0.405 e. The summed E-state index contributed by atoms with van der Waals surface area (Å²) in [5.74, 6) is -0.806. The smallest absolute Gasteiger partial charge is 0.351 e. The van der Waals surface area contributed by atoms with E-state index in [2.05, 4.69) is 91.7 Å². The van der Waals surface area contributed by atoms with E-state index in [-0.39, 0.29) is 22.9 Å². The fourth-order valence-electron chi connectivity index (χ4n) is 6.38. The first kappa shape index (κ1) is 29.4. The Morgan fingerprint density at radius 3 is 2.17 bits per heavy atom. The molecule has 3 aromatic rings. The van der Waals surface area contributed by atoms with Gasteiger partial charge in [0.25, 0.3) is 8.32 Å². The maximum absolute atomic E-state index is 12.8. The number of nitrogens with one attached hydrogen (secondary N) is 1. The van der Waals surface area contributed by atoms with E-state index in [0.29, 0.717) is 13.0 Å². The van der Waals surface area contributed by atoms with Crippen LogP contribution in [-0.2, 0) is 18.7 Å². The van der Waals surface area contributed by atoms with Crippen molar-refractivity contribution in [1.29, 1.82) is 0 Å². The van der Waals surface area contributed by atoms with Crippen LogP contribution >= 0.6 is 0 Å². The van der Waals surface area contributed by atoms with E-state index in [1.165, 1.54) is 21.9 Å². The first-order valence-electron chi connectivity index (χ1n) is 14.6. The van der Waals surface area contributed by atoms with Gasteiger partial charge >= 0.3 is 5.69 Å². The molecular formula is C32H41N3O5Si. The third kappa shape index (κ3) is 6.23. The van der Waals surface area contributed by atoms with Crippen molar-refractivity contribution in [1.82, 2.24) is 9.55 Å². The Morgan fingerprint density at radius 1 is 1.00 bits per heavy atom. The number of ether oxygens (including phenoxy) is 2. The maximum Gasteiger partial charge on any atom is 0.351 e. The number of carbonyl (C=O) groups excluding carboxylic acids is 1.